The number of rotatable bonds is 3. The molecule has 2 N–H and O–H groups in total. The molecule has 0 heterocycles. The average Bonchev–Trinajstić information content (AvgIpc) is 2.27. The van der Waals surface area contributed by atoms with Crippen LogP contribution in [-0.4, -0.2) is 12.2 Å². The first-order chi connectivity index (χ1) is 8.46. The van der Waals surface area contributed by atoms with Gasteiger partial charge in [-0.05, 0) is 22.8 Å². The van der Waals surface area contributed by atoms with E-state index in [1.165, 1.54) is 0 Å². The summed E-state index contributed by atoms with van der Waals surface area (Å²) in [5, 5.41) is 1.99. The number of benzene rings is 2. The first kappa shape index (κ1) is 12.9. The summed E-state index contributed by atoms with van der Waals surface area (Å²) in [7, 11) is 0. The zero-order valence-corrected chi connectivity index (χ0v) is 9.74. The van der Waals surface area contributed by atoms with E-state index in [1.807, 2.05) is 42.5 Å². The predicted octanol–water partition coefficient (Wildman–Crippen LogP) is 3.66. The first-order valence-corrected chi connectivity index (χ1v) is 5.75. The Hall–Kier alpha value is -1.55. The highest BCUT2D eigenvalue weighted by Crippen LogP contribution is 2.24. The van der Waals surface area contributed by atoms with E-state index < -0.39 is 18.6 Å². The second-order valence-electron chi connectivity index (χ2n) is 4.42. The van der Waals surface area contributed by atoms with Crippen molar-refractivity contribution < 1.29 is 13.2 Å². The van der Waals surface area contributed by atoms with Gasteiger partial charge in [-0.15, -0.1) is 0 Å². The Morgan fingerprint density at radius 2 is 1.67 bits per heavy atom. The molecular formula is C14H14F3N. The maximum Gasteiger partial charge on any atom is 0.390 e. The summed E-state index contributed by atoms with van der Waals surface area (Å²) < 4.78 is 36.7. The van der Waals surface area contributed by atoms with Gasteiger partial charge in [0.05, 0.1) is 6.42 Å². The second kappa shape index (κ2) is 4.98. The van der Waals surface area contributed by atoms with Crippen LogP contribution in [0.1, 0.15) is 12.0 Å². The number of hydrogen-bond donors (Lipinski definition) is 1. The molecule has 0 aliphatic heterocycles. The summed E-state index contributed by atoms with van der Waals surface area (Å²) in [6.07, 6.45) is -4.92. The van der Waals surface area contributed by atoms with Gasteiger partial charge in [0.2, 0.25) is 0 Å². The third-order valence-electron chi connectivity index (χ3n) is 2.86. The van der Waals surface area contributed by atoms with Crippen LogP contribution < -0.4 is 5.73 Å². The van der Waals surface area contributed by atoms with Crippen molar-refractivity contribution in [1.29, 1.82) is 0 Å². The molecule has 0 spiro atoms. The lowest BCUT2D eigenvalue weighted by Crippen LogP contribution is -2.29. The van der Waals surface area contributed by atoms with Gasteiger partial charge in [0, 0.05) is 6.04 Å². The topological polar surface area (TPSA) is 26.0 Å². The van der Waals surface area contributed by atoms with E-state index in [0.717, 1.165) is 16.3 Å². The number of halogens is 3. The van der Waals surface area contributed by atoms with Crippen molar-refractivity contribution >= 4 is 10.8 Å². The summed E-state index contributed by atoms with van der Waals surface area (Å²) in [6, 6.07) is 12.3. The molecule has 4 heteroatoms. The van der Waals surface area contributed by atoms with Crippen LogP contribution in [0.4, 0.5) is 13.2 Å². The number of hydrogen-bond acceptors (Lipinski definition) is 1. The van der Waals surface area contributed by atoms with Crippen molar-refractivity contribution in [2.24, 2.45) is 5.73 Å². The molecule has 0 bridgehead atoms. The van der Waals surface area contributed by atoms with Crippen molar-refractivity contribution in [3.63, 3.8) is 0 Å². The molecule has 1 atom stereocenters. The minimum Gasteiger partial charge on any atom is -0.327 e. The summed E-state index contributed by atoms with van der Waals surface area (Å²) in [4.78, 5) is 0. The van der Waals surface area contributed by atoms with E-state index in [4.69, 9.17) is 5.73 Å². The van der Waals surface area contributed by atoms with Gasteiger partial charge in [-0.1, -0.05) is 42.5 Å². The van der Waals surface area contributed by atoms with Crippen molar-refractivity contribution in [1.82, 2.24) is 0 Å². The number of fused-ring (bicyclic) bond motifs is 1. The molecule has 1 unspecified atom stereocenters. The third kappa shape index (κ3) is 3.23. The quantitative estimate of drug-likeness (QED) is 0.887. The van der Waals surface area contributed by atoms with E-state index in [-0.39, 0.29) is 6.42 Å². The van der Waals surface area contributed by atoms with Gasteiger partial charge in [0.15, 0.2) is 0 Å². The molecule has 2 aromatic rings. The van der Waals surface area contributed by atoms with Gasteiger partial charge in [0.25, 0.3) is 0 Å². The van der Waals surface area contributed by atoms with Crippen LogP contribution in [0, 0.1) is 0 Å². The van der Waals surface area contributed by atoms with Gasteiger partial charge in [-0.2, -0.15) is 13.2 Å². The van der Waals surface area contributed by atoms with E-state index in [9.17, 15) is 13.2 Å². The maximum atomic E-state index is 12.2. The molecule has 2 rings (SSSR count). The molecule has 0 saturated heterocycles. The summed E-state index contributed by atoms with van der Waals surface area (Å²) in [5.74, 6) is 0. The molecule has 0 fully saturated rings. The Balaban J connectivity index is 2.21. The lowest BCUT2D eigenvalue weighted by molar-refractivity contribution is -0.138. The standard InChI is InChI=1S/C14H14F3N/c15-14(16,17)9-12(18)8-11-6-3-5-10-4-1-2-7-13(10)11/h1-7,12H,8-9,18H2. The summed E-state index contributed by atoms with van der Waals surface area (Å²) >= 11 is 0. The Morgan fingerprint density at radius 1 is 1.00 bits per heavy atom. The molecule has 0 aromatic heterocycles. The lowest BCUT2D eigenvalue weighted by atomic mass is 9.98. The van der Waals surface area contributed by atoms with Crippen LogP contribution in [-0.2, 0) is 6.42 Å². The molecule has 0 radical (unpaired) electrons. The fraction of sp³-hybridized carbons (Fsp3) is 0.286. The molecule has 0 aliphatic rings. The molecule has 0 aliphatic carbocycles. The summed E-state index contributed by atoms with van der Waals surface area (Å²) in [6.45, 7) is 0. The first-order valence-electron chi connectivity index (χ1n) is 5.75. The molecule has 18 heavy (non-hydrogen) atoms. The zero-order valence-electron chi connectivity index (χ0n) is 9.74. The average molecular weight is 253 g/mol. The molecular weight excluding hydrogens is 239 g/mol. The predicted molar refractivity (Wildman–Crippen MR) is 66.3 cm³/mol. The lowest BCUT2D eigenvalue weighted by Gasteiger charge is -2.15. The monoisotopic (exact) mass is 253 g/mol. The van der Waals surface area contributed by atoms with E-state index >= 15 is 0 Å². The van der Waals surface area contributed by atoms with Crippen molar-refractivity contribution in [3.8, 4) is 0 Å². The largest absolute Gasteiger partial charge is 0.390 e. The second-order valence-corrected chi connectivity index (χ2v) is 4.42. The third-order valence-corrected chi connectivity index (χ3v) is 2.86. The van der Waals surface area contributed by atoms with Crippen LogP contribution in [0.5, 0.6) is 0 Å². The van der Waals surface area contributed by atoms with Crippen molar-refractivity contribution in [2.45, 2.75) is 25.1 Å². The van der Waals surface area contributed by atoms with Crippen molar-refractivity contribution in [3.05, 3.63) is 48.0 Å². The van der Waals surface area contributed by atoms with Crippen LogP contribution in [0.2, 0.25) is 0 Å². The molecule has 96 valence electrons. The zero-order chi connectivity index (χ0) is 13.2. The minimum absolute atomic E-state index is 0.237. The number of nitrogens with two attached hydrogens (primary N) is 1. The minimum atomic E-state index is -4.20. The Labute approximate surface area is 103 Å². The Morgan fingerprint density at radius 3 is 2.39 bits per heavy atom. The Bertz CT molecular complexity index is 529. The van der Waals surface area contributed by atoms with Gasteiger partial charge in [-0.3, -0.25) is 0 Å². The maximum absolute atomic E-state index is 12.2. The highest BCUT2D eigenvalue weighted by atomic mass is 19.4. The van der Waals surface area contributed by atoms with E-state index in [0.29, 0.717) is 0 Å². The van der Waals surface area contributed by atoms with Gasteiger partial charge < -0.3 is 5.73 Å². The van der Waals surface area contributed by atoms with Crippen LogP contribution in [0.15, 0.2) is 42.5 Å². The summed E-state index contributed by atoms with van der Waals surface area (Å²) in [5.41, 5.74) is 6.43. The smallest absolute Gasteiger partial charge is 0.327 e. The van der Waals surface area contributed by atoms with Gasteiger partial charge in [0.1, 0.15) is 0 Å². The van der Waals surface area contributed by atoms with E-state index in [2.05, 4.69) is 0 Å². The fourth-order valence-corrected chi connectivity index (χ4v) is 2.12. The SMILES string of the molecule is NC(Cc1cccc2ccccc12)CC(F)(F)F. The Kier molecular flexibility index (Phi) is 3.57. The highest BCUT2D eigenvalue weighted by molar-refractivity contribution is 5.85. The van der Waals surface area contributed by atoms with Gasteiger partial charge >= 0.3 is 6.18 Å². The number of alkyl halides is 3. The van der Waals surface area contributed by atoms with E-state index in [1.54, 1.807) is 0 Å². The molecule has 0 amide bonds. The van der Waals surface area contributed by atoms with Crippen LogP contribution in [0.25, 0.3) is 10.8 Å². The molecule has 2 aromatic carbocycles. The molecule has 1 nitrogen and oxygen atoms in total. The van der Waals surface area contributed by atoms with Crippen LogP contribution >= 0.6 is 0 Å². The normalized spacial score (nSPS) is 13.8. The van der Waals surface area contributed by atoms with Gasteiger partial charge in [-0.25, -0.2) is 0 Å². The highest BCUT2D eigenvalue weighted by Gasteiger charge is 2.30. The van der Waals surface area contributed by atoms with Crippen LogP contribution in [0.3, 0.4) is 0 Å². The van der Waals surface area contributed by atoms with Crippen molar-refractivity contribution in [2.75, 3.05) is 0 Å². The molecule has 0 saturated carbocycles. The fourth-order valence-electron chi connectivity index (χ4n) is 2.12.